The number of ketones is 1. The van der Waals surface area contributed by atoms with Gasteiger partial charge in [0.25, 0.3) is 5.91 Å². The Morgan fingerprint density at radius 3 is 2.40 bits per heavy atom. The van der Waals surface area contributed by atoms with Crippen LogP contribution in [0.2, 0.25) is 0 Å². The van der Waals surface area contributed by atoms with Crippen molar-refractivity contribution in [3.63, 3.8) is 0 Å². The highest BCUT2D eigenvalue weighted by Crippen LogP contribution is 2.28. The number of amides is 1. The summed E-state index contributed by atoms with van der Waals surface area (Å²) in [6, 6.07) is 14.2. The van der Waals surface area contributed by atoms with Gasteiger partial charge in [-0.3, -0.25) is 14.5 Å². The van der Waals surface area contributed by atoms with Crippen LogP contribution in [0, 0.1) is 0 Å². The zero-order chi connectivity index (χ0) is 21.5. The highest BCUT2D eigenvalue weighted by Gasteiger charge is 2.19. The number of aromatic nitrogens is 1. The number of esters is 1. The fraction of sp³-hybridized carbons (Fsp3) is 0.273. The molecule has 0 fully saturated rings. The molecule has 3 rings (SSSR count). The van der Waals surface area contributed by atoms with E-state index in [0.717, 1.165) is 10.2 Å². The average Bonchev–Trinajstić information content (AvgIpc) is 3.20. The molecule has 0 aliphatic heterocycles. The Balaban J connectivity index is 1.50. The van der Waals surface area contributed by atoms with Crippen LogP contribution in [0.4, 0.5) is 5.13 Å². The van der Waals surface area contributed by atoms with Gasteiger partial charge in [-0.1, -0.05) is 30.4 Å². The lowest BCUT2D eigenvalue weighted by Gasteiger charge is -2.17. The van der Waals surface area contributed by atoms with Crippen molar-refractivity contribution in [3.8, 4) is 5.75 Å². The zero-order valence-corrected chi connectivity index (χ0v) is 17.6. The van der Waals surface area contributed by atoms with Crippen molar-refractivity contribution >= 4 is 44.3 Å². The molecule has 0 radical (unpaired) electrons. The van der Waals surface area contributed by atoms with Gasteiger partial charge in [0, 0.05) is 18.5 Å². The minimum absolute atomic E-state index is 0.0353. The molecule has 7 nitrogen and oxygen atoms in total. The molecule has 0 N–H and O–H groups in total. The maximum absolute atomic E-state index is 12.5. The van der Waals surface area contributed by atoms with Crippen molar-refractivity contribution in [1.29, 1.82) is 0 Å². The Labute approximate surface area is 178 Å². The molecule has 2 aromatic carbocycles. The number of hydrogen-bond acceptors (Lipinski definition) is 7. The van der Waals surface area contributed by atoms with Gasteiger partial charge in [0.05, 0.1) is 10.2 Å². The highest BCUT2D eigenvalue weighted by molar-refractivity contribution is 7.22. The largest absolute Gasteiger partial charge is 0.482 e. The second-order valence-corrected chi connectivity index (χ2v) is 7.36. The van der Waals surface area contributed by atoms with E-state index in [0.29, 0.717) is 29.4 Å². The first-order chi connectivity index (χ1) is 14.5. The molecule has 0 aliphatic carbocycles. The first kappa shape index (κ1) is 21.4. The van der Waals surface area contributed by atoms with E-state index in [1.807, 2.05) is 31.2 Å². The van der Waals surface area contributed by atoms with Crippen LogP contribution in [-0.4, -0.2) is 42.4 Å². The number of carbonyl (C=O) groups is 3. The van der Waals surface area contributed by atoms with Gasteiger partial charge in [0.2, 0.25) is 0 Å². The molecule has 0 unspecified atom stereocenters. The second kappa shape index (κ2) is 9.98. The van der Waals surface area contributed by atoms with Crippen molar-refractivity contribution in [2.24, 2.45) is 0 Å². The molecule has 30 heavy (non-hydrogen) atoms. The third-order valence-electron chi connectivity index (χ3n) is 4.34. The number of rotatable bonds is 9. The number of para-hydroxylation sites is 1. The van der Waals surface area contributed by atoms with Crippen molar-refractivity contribution in [3.05, 3.63) is 54.1 Å². The minimum atomic E-state index is -0.655. The van der Waals surface area contributed by atoms with E-state index in [1.54, 1.807) is 31.2 Å². The first-order valence-electron chi connectivity index (χ1n) is 9.59. The van der Waals surface area contributed by atoms with Crippen LogP contribution in [0.15, 0.2) is 48.5 Å². The Kier molecular flexibility index (Phi) is 7.13. The summed E-state index contributed by atoms with van der Waals surface area (Å²) in [6.07, 6.45) is 0.423. The van der Waals surface area contributed by atoms with Gasteiger partial charge in [-0.05, 0) is 43.3 Å². The van der Waals surface area contributed by atoms with Gasteiger partial charge in [-0.25, -0.2) is 9.78 Å². The molecule has 0 aliphatic rings. The van der Waals surface area contributed by atoms with E-state index < -0.39 is 12.6 Å². The van der Waals surface area contributed by atoms with Gasteiger partial charge in [-0.15, -0.1) is 0 Å². The monoisotopic (exact) mass is 426 g/mol. The molecule has 0 saturated heterocycles. The molecule has 1 amide bonds. The number of likely N-dealkylation sites (N-methyl/N-ethyl adjacent to an activating group) is 1. The number of fused-ring (bicyclic) bond motifs is 1. The molecule has 156 valence electrons. The summed E-state index contributed by atoms with van der Waals surface area (Å²) in [5, 5.41) is 0.567. The molecule has 1 heterocycles. The third kappa shape index (κ3) is 5.21. The molecule has 0 bridgehead atoms. The number of benzene rings is 2. The Bertz CT molecular complexity index is 1010. The Hall–Kier alpha value is -3.26. The predicted molar refractivity (Wildman–Crippen MR) is 115 cm³/mol. The number of Topliss-reactive ketones (excluding diaryl/α,β-unsaturated/α-hetero) is 1. The van der Waals surface area contributed by atoms with Gasteiger partial charge in [0.1, 0.15) is 5.75 Å². The summed E-state index contributed by atoms with van der Waals surface area (Å²) < 4.78 is 11.4. The number of anilines is 1. The fourth-order valence-corrected chi connectivity index (χ4v) is 3.79. The van der Waals surface area contributed by atoms with Gasteiger partial charge in [-0.2, -0.15) is 0 Å². The van der Waals surface area contributed by atoms with Crippen molar-refractivity contribution in [2.45, 2.75) is 20.3 Å². The van der Waals surface area contributed by atoms with E-state index in [-0.39, 0.29) is 18.3 Å². The summed E-state index contributed by atoms with van der Waals surface area (Å²) in [6.45, 7) is 3.31. The van der Waals surface area contributed by atoms with E-state index in [9.17, 15) is 14.4 Å². The number of ether oxygens (including phenoxy) is 2. The quantitative estimate of drug-likeness (QED) is 0.381. The molecule has 0 saturated carbocycles. The maximum atomic E-state index is 12.5. The number of carbonyl (C=O) groups excluding carboxylic acids is 3. The van der Waals surface area contributed by atoms with Crippen LogP contribution in [0.1, 0.15) is 30.6 Å². The van der Waals surface area contributed by atoms with Crippen LogP contribution in [0.25, 0.3) is 10.2 Å². The normalized spacial score (nSPS) is 10.6. The lowest BCUT2D eigenvalue weighted by Crippen LogP contribution is -2.35. The molecule has 0 spiro atoms. The van der Waals surface area contributed by atoms with Crippen LogP contribution in [-0.2, 0) is 14.3 Å². The van der Waals surface area contributed by atoms with Crippen molar-refractivity contribution in [2.75, 3.05) is 24.7 Å². The number of hydrogen-bond donors (Lipinski definition) is 0. The van der Waals surface area contributed by atoms with Gasteiger partial charge >= 0.3 is 5.97 Å². The van der Waals surface area contributed by atoms with Gasteiger partial charge < -0.3 is 9.47 Å². The summed E-state index contributed by atoms with van der Waals surface area (Å²) in [5.74, 6) is -0.534. The smallest absolute Gasteiger partial charge is 0.344 e. The number of thiazole rings is 1. The molecular formula is C22H22N2O5S. The van der Waals surface area contributed by atoms with Crippen LogP contribution in [0.3, 0.4) is 0 Å². The average molecular weight is 426 g/mol. The number of nitrogens with zero attached hydrogens (tertiary/aromatic N) is 2. The van der Waals surface area contributed by atoms with E-state index in [2.05, 4.69) is 4.98 Å². The van der Waals surface area contributed by atoms with E-state index in [1.165, 1.54) is 16.2 Å². The molecular weight excluding hydrogens is 404 g/mol. The lowest BCUT2D eigenvalue weighted by molar-refractivity contribution is -0.149. The highest BCUT2D eigenvalue weighted by atomic mass is 32.1. The molecule has 0 atom stereocenters. The SMILES string of the molecule is CCC(=O)c1ccc(OCC(=O)OCC(=O)N(CC)c2nc3ccccc3s2)cc1. The summed E-state index contributed by atoms with van der Waals surface area (Å²) in [4.78, 5) is 42.0. The summed E-state index contributed by atoms with van der Waals surface area (Å²) >= 11 is 1.41. The summed E-state index contributed by atoms with van der Waals surface area (Å²) in [5.41, 5.74) is 1.41. The standard InChI is InChI=1S/C22H22N2O5S/c1-3-18(25)15-9-11-16(12-10-15)28-14-21(27)29-13-20(26)24(4-2)22-23-17-7-5-6-8-19(17)30-22/h5-12H,3-4,13-14H2,1-2H3. The Morgan fingerprint density at radius 1 is 1.00 bits per heavy atom. The second-order valence-electron chi connectivity index (χ2n) is 6.35. The van der Waals surface area contributed by atoms with E-state index >= 15 is 0 Å². The first-order valence-corrected chi connectivity index (χ1v) is 10.4. The minimum Gasteiger partial charge on any atom is -0.482 e. The maximum Gasteiger partial charge on any atom is 0.344 e. The molecule has 8 heteroatoms. The van der Waals surface area contributed by atoms with Crippen molar-refractivity contribution in [1.82, 2.24) is 4.98 Å². The van der Waals surface area contributed by atoms with Gasteiger partial charge in [0.15, 0.2) is 24.1 Å². The lowest BCUT2D eigenvalue weighted by atomic mass is 10.1. The van der Waals surface area contributed by atoms with E-state index in [4.69, 9.17) is 9.47 Å². The van der Waals surface area contributed by atoms with Crippen molar-refractivity contribution < 1.29 is 23.9 Å². The topological polar surface area (TPSA) is 85.8 Å². The predicted octanol–water partition coefficient (Wildman–Crippen LogP) is 3.86. The van der Waals surface area contributed by atoms with Crippen LogP contribution in [0.5, 0.6) is 5.75 Å². The third-order valence-corrected chi connectivity index (χ3v) is 5.40. The molecule has 3 aromatic rings. The van der Waals surface area contributed by atoms with Crippen LogP contribution >= 0.6 is 11.3 Å². The summed E-state index contributed by atoms with van der Waals surface area (Å²) in [7, 11) is 0. The molecule has 1 aromatic heterocycles. The van der Waals surface area contributed by atoms with Crippen LogP contribution < -0.4 is 9.64 Å². The fourth-order valence-electron chi connectivity index (χ4n) is 2.74. The Morgan fingerprint density at radius 2 is 1.73 bits per heavy atom. The zero-order valence-electron chi connectivity index (χ0n) is 16.8.